The highest BCUT2D eigenvalue weighted by molar-refractivity contribution is 6.37. The molecule has 4 nitrogen and oxygen atoms in total. The maximum Gasteiger partial charge on any atom is 0.337 e. The van der Waals surface area contributed by atoms with Gasteiger partial charge >= 0.3 is 5.97 Å². The van der Waals surface area contributed by atoms with E-state index in [2.05, 4.69) is 0 Å². The number of benzene rings is 2. The van der Waals surface area contributed by atoms with Gasteiger partial charge in [-0.15, -0.1) is 0 Å². The van der Waals surface area contributed by atoms with E-state index in [1.54, 1.807) is 60.7 Å². The average molecular weight is 267 g/mol. The third-order valence-corrected chi connectivity index (χ3v) is 2.84. The standard InChI is InChI=1S/C16H13NO3/c17-15(18)13(11-7-3-1-4-8-11)14(16(19)20)12-9-5-2-6-10-12/h1-10H,(H2,17,18)(H,19,20). The number of nitrogens with two attached hydrogens (primary N) is 1. The molecular formula is C16H13NO3. The molecule has 0 bridgehead atoms. The zero-order valence-corrected chi connectivity index (χ0v) is 10.6. The van der Waals surface area contributed by atoms with Crippen LogP contribution in [0, 0.1) is 0 Å². The van der Waals surface area contributed by atoms with Crippen LogP contribution in [0.1, 0.15) is 11.1 Å². The molecular weight excluding hydrogens is 254 g/mol. The quantitative estimate of drug-likeness (QED) is 0.658. The van der Waals surface area contributed by atoms with Crippen LogP contribution in [0.25, 0.3) is 11.1 Å². The zero-order valence-electron chi connectivity index (χ0n) is 10.6. The summed E-state index contributed by atoms with van der Waals surface area (Å²) in [7, 11) is 0. The molecule has 0 aliphatic rings. The van der Waals surface area contributed by atoms with E-state index in [1.165, 1.54) is 0 Å². The first-order valence-corrected chi connectivity index (χ1v) is 5.99. The van der Waals surface area contributed by atoms with Crippen LogP contribution in [0.2, 0.25) is 0 Å². The maximum atomic E-state index is 11.7. The van der Waals surface area contributed by atoms with Crippen molar-refractivity contribution in [2.24, 2.45) is 5.73 Å². The fraction of sp³-hybridized carbons (Fsp3) is 0. The molecule has 0 radical (unpaired) electrons. The highest BCUT2D eigenvalue weighted by Gasteiger charge is 2.21. The average Bonchev–Trinajstić information content (AvgIpc) is 2.45. The predicted octanol–water partition coefficient (Wildman–Crippen LogP) is 2.17. The Morgan fingerprint density at radius 2 is 1.15 bits per heavy atom. The fourth-order valence-corrected chi connectivity index (χ4v) is 1.99. The lowest BCUT2D eigenvalue weighted by atomic mass is 9.94. The maximum absolute atomic E-state index is 11.7. The van der Waals surface area contributed by atoms with Crippen molar-refractivity contribution in [2.45, 2.75) is 0 Å². The van der Waals surface area contributed by atoms with Crippen LogP contribution in [0.15, 0.2) is 60.7 Å². The molecule has 100 valence electrons. The Kier molecular flexibility index (Phi) is 3.96. The second-order valence-corrected chi connectivity index (χ2v) is 4.15. The van der Waals surface area contributed by atoms with Crippen molar-refractivity contribution in [2.75, 3.05) is 0 Å². The molecule has 0 aromatic heterocycles. The van der Waals surface area contributed by atoms with E-state index in [-0.39, 0.29) is 11.1 Å². The second-order valence-electron chi connectivity index (χ2n) is 4.15. The molecule has 20 heavy (non-hydrogen) atoms. The van der Waals surface area contributed by atoms with Crippen LogP contribution in [0.4, 0.5) is 0 Å². The highest BCUT2D eigenvalue weighted by Crippen LogP contribution is 2.26. The van der Waals surface area contributed by atoms with Crippen LogP contribution in [0.5, 0.6) is 0 Å². The van der Waals surface area contributed by atoms with Crippen molar-refractivity contribution in [1.82, 2.24) is 0 Å². The van der Waals surface area contributed by atoms with Crippen molar-refractivity contribution >= 4 is 23.0 Å². The molecule has 2 aromatic rings. The van der Waals surface area contributed by atoms with E-state index in [4.69, 9.17) is 5.73 Å². The molecule has 3 N–H and O–H groups in total. The summed E-state index contributed by atoms with van der Waals surface area (Å²) in [6.07, 6.45) is 0. The molecule has 0 aliphatic heterocycles. The van der Waals surface area contributed by atoms with E-state index in [1.807, 2.05) is 0 Å². The number of carbonyl (C=O) groups is 2. The van der Waals surface area contributed by atoms with Gasteiger partial charge in [0.2, 0.25) is 5.91 Å². The Morgan fingerprint density at radius 1 is 0.750 bits per heavy atom. The van der Waals surface area contributed by atoms with Crippen LogP contribution in [-0.4, -0.2) is 17.0 Å². The fourth-order valence-electron chi connectivity index (χ4n) is 1.99. The predicted molar refractivity (Wildman–Crippen MR) is 76.5 cm³/mol. The number of aliphatic carboxylic acids is 1. The molecule has 0 saturated heterocycles. The first-order valence-electron chi connectivity index (χ1n) is 5.99. The van der Waals surface area contributed by atoms with E-state index in [0.717, 1.165) is 0 Å². The number of amides is 1. The van der Waals surface area contributed by atoms with Crippen molar-refractivity contribution < 1.29 is 14.7 Å². The summed E-state index contributed by atoms with van der Waals surface area (Å²) in [6.45, 7) is 0. The highest BCUT2D eigenvalue weighted by atomic mass is 16.4. The van der Waals surface area contributed by atoms with Gasteiger partial charge in [0.15, 0.2) is 0 Å². The van der Waals surface area contributed by atoms with Gasteiger partial charge < -0.3 is 10.8 Å². The van der Waals surface area contributed by atoms with Gasteiger partial charge in [-0.25, -0.2) is 4.79 Å². The first-order chi connectivity index (χ1) is 9.61. The molecule has 4 heteroatoms. The summed E-state index contributed by atoms with van der Waals surface area (Å²) in [4.78, 5) is 23.3. The molecule has 0 heterocycles. The van der Waals surface area contributed by atoms with Gasteiger partial charge in [-0.2, -0.15) is 0 Å². The Balaban J connectivity index is 2.74. The number of hydrogen-bond donors (Lipinski definition) is 2. The van der Waals surface area contributed by atoms with E-state index < -0.39 is 11.9 Å². The molecule has 1 amide bonds. The van der Waals surface area contributed by atoms with E-state index >= 15 is 0 Å². The summed E-state index contributed by atoms with van der Waals surface area (Å²) >= 11 is 0. The Hall–Kier alpha value is -2.88. The third-order valence-electron chi connectivity index (χ3n) is 2.84. The minimum Gasteiger partial charge on any atom is -0.478 e. The topological polar surface area (TPSA) is 80.4 Å². The van der Waals surface area contributed by atoms with Gasteiger partial charge in [-0.3, -0.25) is 4.79 Å². The number of carboxylic acids is 1. The monoisotopic (exact) mass is 267 g/mol. The molecule has 0 aliphatic carbocycles. The van der Waals surface area contributed by atoms with Crippen LogP contribution in [0.3, 0.4) is 0 Å². The smallest absolute Gasteiger partial charge is 0.337 e. The number of primary amides is 1. The van der Waals surface area contributed by atoms with Crippen molar-refractivity contribution in [1.29, 1.82) is 0 Å². The minimum absolute atomic E-state index is 0.00398. The van der Waals surface area contributed by atoms with Gasteiger partial charge in [0.25, 0.3) is 0 Å². The summed E-state index contributed by atoms with van der Waals surface area (Å²) < 4.78 is 0. The Labute approximate surface area is 116 Å². The molecule has 0 atom stereocenters. The first kappa shape index (κ1) is 13.5. The summed E-state index contributed by atoms with van der Waals surface area (Å²) in [6, 6.07) is 17.0. The largest absolute Gasteiger partial charge is 0.478 e. The van der Waals surface area contributed by atoms with Crippen molar-refractivity contribution in [3.63, 3.8) is 0 Å². The van der Waals surface area contributed by atoms with Crippen LogP contribution < -0.4 is 5.73 Å². The van der Waals surface area contributed by atoms with Crippen LogP contribution >= 0.6 is 0 Å². The normalized spacial score (nSPS) is 11.6. The van der Waals surface area contributed by atoms with Crippen molar-refractivity contribution in [3.8, 4) is 0 Å². The molecule has 2 aromatic carbocycles. The van der Waals surface area contributed by atoms with Gasteiger partial charge in [0.1, 0.15) is 0 Å². The number of rotatable bonds is 4. The summed E-state index contributed by atoms with van der Waals surface area (Å²) in [5.41, 5.74) is 6.22. The van der Waals surface area contributed by atoms with Gasteiger partial charge in [0, 0.05) is 0 Å². The van der Waals surface area contributed by atoms with Crippen LogP contribution in [-0.2, 0) is 9.59 Å². The Bertz CT molecular complexity index is 601. The number of carbonyl (C=O) groups excluding carboxylic acids is 1. The molecule has 0 spiro atoms. The molecule has 0 saturated carbocycles. The summed E-state index contributed by atoms with van der Waals surface area (Å²) in [5, 5.41) is 9.44. The number of hydrogen-bond acceptors (Lipinski definition) is 2. The second kappa shape index (κ2) is 5.84. The SMILES string of the molecule is NC(=O)C(=C(C(=O)O)c1ccccc1)c1ccccc1. The molecule has 2 rings (SSSR count). The third kappa shape index (κ3) is 2.75. The molecule has 0 unspecified atom stereocenters. The lowest BCUT2D eigenvalue weighted by Gasteiger charge is -2.10. The van der Waals surface area contributed by atoms with Gasteiger partial charge in [0.05, 0.1) is 11.1 Å². The zero-order chi connectivity index (χ0) is 14.5. The van der Waals surface area contributed by atoms with Gasteiger partial charge in [-0.1, -0.05) is 60.7 Å². The van der Waals surface area contributed by atoms with E-state index in [9.17, 15) is 14.7 Å². The van der Waals surface area contributed by atoms with E-state index in [0.29, 0.717) is 11.1 Å². The lowest BCUT2D eigenvalue weighted by molar-refractivity contribution is -0.130. The van der Waals surface area contributed by atoms with Gasteiger partial charge in [-0.05, 0) is 11.1 Å². The minimum atomic E-state index is -1.19. The Morgan fingerprint density at radius 3 is 1.50 bits per heavy atom. The lowest BCUT2D eigenvalue weighted by Crippen LogP contribution is -2.17. The van der Waals surface area contributed by atoms with Crippen molar-refractivity contribution in [3.05, 3.63) is 71.8 Å². The number of carboxylic acid groups (broad SMARTS) is 1. The summed E-state index contributed by atoms with van der Waals surface area (Å²) in [5.74, 6) is -1.95. The molecule has 0 fully saturated rings.